The third-order valence-electron chi connectivity index (χ3n) is 2.71. The predicted octanol–water partition coefficient (Wildman–Crippen LogP) is 0.674. The summed E-state index contributed by atoms with van der Waals surface area (Å²) in [5.74, 6) is -0.852. The zero-order valence-electron chi connectivity index (χ0n) is 10.9. The number of carbonyl (C=O) groups is 2. The standard InChI is InChI=1S/C13H18N2O4/c1-8(9-3-5-10(19-2)6-4-9)15-13(18)11(14)7-12(16)17/h3-6,8,11H,7,14H2,1-2H3,(H,15,18)(H,16,17)/t8-,11?/m1/s1. The molecule has 104 valence electrons. The molecule has 1 unspecified atom stereocenters. The number of benzene rings is 1. The summed E-state index contributed by atoms with van der Waals surface area (Å²) in [7, 11) is 1.57. The molecule has 0 aliphatic carbocycles. The largest absolute Gasteiger partial charge is 0.497 e. The first-order valence-electron chi connectivity index (χ1n) is 5.85. The van der Waals surface area contributed by atoms with Crippen LogP contribution in [0.25, 0.3) is 0 Å². The maximum atomic E-state index is 11.7. The Morgan fingerprint density at radius 3 is 2.42 bits per heavy atom. The van der Waals surface area contributed by atoms with Crippen molar-refractivity contribution < 1.29 is 19.4 Å². The second kappa shape index (κ2) is 6.75. The molecule has 0 aliphatic rings. The van der Waals surface area contributed by atoms with E-state index in [9.17, 15) is 9.59 Å². The normalized spacial score (nSPS) is 13.4. The van der Waals surface area contributed by atoms with E-state index in [2.05, 4.69) is 5.32 Å². The van der Waals surface area contributed by atoms with Crippen LogP contribution in [0.1, 0.15) is 24.9 Å². The summed E-state index contributed by atoms with van der Waals surface area (Å²) in [5, 5.41) is 11.2. The highest BCUT2D eigenvalue weighted by Crippen LogP contribution is 2.17. The number of carboxylic acids is 1. The molecule has 1 rings (SSSR count). The van der Waals surface area contributed by atoms with Gasteiger partial charge in [0.05, 0.1) is 25.6 Å². The quantitative estimate of drug-likeness (QED) is 0.702. The highest BCUT2D eigenvalue weighted by Gasteiger charge is 2.19. The van der Waals surface area contributed by atoms with Gasteiger partial charge < -0.3 is 20.9 Å². The number of hydrogen-bond donors (Lipinski definition) is 3. The fourth-order valence-corrected chi connectivity index (χ4v) is 1.58. The molecule has 6 heteroatoms. The van der Waals surface area contributed by atoms with Crippen LogP contribution < -0.4 is 15.8 Å². The molecule has 0 saturated heterocycles. The molecule has 1 aromatic rings. The van der Waals surface area contributed by atoms with Crippen LogP contribution in [0.15, 0.2) is 24.3 Å². The van der Waals surface area contributed by atoms with E-state index in [-0.39, 0.29) is 12.5 Å². The number of amides is 1. The lowest BCUT2D eigenvalue weighted by Crippen LogP contribution is -2.42. The molecule has 6 nitrogen and oxygen atoms in total. The molecule has 0 aliphatic heterocycles. The van der Waals surface area contributed by atoms with Crippen molar-refractivity contribution in [3.8, 4) is 5.75 Å². The Balaban J connectivity index is 2.60. The van der Waals surface area contributed by atoms with Gasteiger partial charge in [-0.1, -0.05) is 12.1 Å². The van der Waals surface area contributed by atoms with Crippen LogP contribution in [0.5, 0.6) is 5.75 Å². The van der Waals surface area contributed by atoms with Gasteiger partial charge >= 0.3 is 5.97 Å². The monoisotopic (exact) mass is 266 g/mol. The van der Waals surface area contributed by atoms with Crippen molar-refractivity contribution >= 4 is 11.9 Å². The molecular weight excluding hydrogens is 248 g/mol. The van der Waals surface area contributed by atoms with E-state index in [0.717, 1.165) is 11.3 Å². The first-order chi connectivity index (χ1) is 8.93. The number of carbonyl (C=O) groups excluding carboxylic acids is 1. The van der Waals surface area contributed by atoms with Gasteiger partial charge in [0.15, 0.2) is 0 Å². The highest BCUT2D eigenvalue weighted by atomic mass is 16.5. The van der Waals surface area contributed by atoms with Crippen LogP contribution in [0.3, 0.4) is 0 Å². The molecule has 0 heterocycles. The summed E-state index contributed by atoms with van der Waals surface area (Å²) in [6, 6.07) is 5.93. The van der Waals surface area contributed by atoms with Gasteiger partial charge in [0, 0.05) is 0 Å². The van der Waals surface area contributed by atoms with E-state index in [0.29, 0.717) is 0 Å². The summed E-state index contributed by atoms with van der Waals surface area (Å²) in [6.45, 7) is 1.80. The summed E-state index contributed by atoms with van der Waals surface area (Å²) in [6.07, 6.45) is -0.388. The zero-order valence-corrected chi connectivity index (χ0v) is 10.9. The van der Waals surface area contributed by atoms with Crippen LogP contribution in [-0.4, -0.2) is 30.1 Å². The molecule has 0 radical (unpaired) electrons. The second-order valence-corrected chi connectivity index (χ2v) is 4.21. The molecular formula is C13H18N2O4. The van der Waals surface area contributed by atoms with Gasteiger partial charge in [-0.2, -0.15) is 0 Å². The van der Waals surface area contributed by atoms with Crippen molar-refractivity contribution in [1.29, 1.82) is 0 Å². The van der Waals surface area contributed by atoms with Gasteiger partial charge in [-0.3, -0.25) is 9.59 Å². The number of aliphatic carboxylic acids is 1. The van der Waals surface area contributed by atoms with Crippen molar-refractivity contribution in [2.75, 3.05) is 7.11 Å². The maximum Gasteiger partial charge on any atom is 0.305 e. The van der Waals surface area contributed by atoms with Crippen LogP contribution in [0.4, 0.5) is 0 Å². The van der Waals surface area contributed by atoms with Gasteiger partial charge in [0.1, 0.15) is 5.75 Å². The summed E-state index contributed by atoms with van der Waals surface area (Å²) in [4.78, 5) is 22.1. The molecule has 0 saturated carbocycles. The first-order valence-corrected chi connectivity index (χ1v) is 5.85. The third-order valence-corrected chi connectivity index (χ3v) is 2.71. The lowest BCUT2D eigenvalue weighted by molar-refractivity contribution is -0.139. The maximum absolute atomic E-state index is 11.7. The number of nitrogens with one attached hydrogen (secondary N) is 1. The van der Waals surface area contributed by atoms with Crippen molar-refractivity contribution in [1.82, 2.24) is 5.32 Å². The van der Waals surface area contributed by atoms with E-state index < -0.39 is 17.9 Å². The van der Waals surface area contributed by atoms with Gasteiger partial charge in [0.25, 0.3) is 0 Å². The predicted molar refractivity (Wildman–Crippen MR) is 69.8 cm³/mol. The Labute approximate surface area is 111 Å². The van der Waals surface area contributed by atoms with Crippen molar-refractivity contribution in [2.45, 2.75) is 25.4 Å². The molecule has 0 spiro atoms. The van der Waals surface area contributed by atoms with Crippen molar-refractivity contribution in [3.05, 3.63) is 29.8 Å². The van der Waals surface area contributed by atoms with Crippen LogP contribution in [0, 0.1) is 0 Å². The zero-order chi connectivity index (χ0) is 14.4. The Morgan fingerprint density at radius 1 is 1.37 bits per heavy atom. The van der Waals surface area contributed by atoms with E-state index >= 15 is 0 Å². The van der Waals surface area contributed by atoms with Gasteiger partial charge in [-0.25, -0.2) is 0 Å². The number of carboxylic acid groups (broad SMARTS) is 1. The lowest BCUT2D eigenvalue weighted by Gasteiger charge is -2.17. The second-order valence-electron chi connectivity index (χ2n) is 4.21. The van der Waals surface area contributed by atoms with E-state index in [1.807, 2.05) is 12.1 Å². The first kappa shape index (κ1) is 15.0. The number of rotatable bonds is 6. The van der Waals surface area contributed by atoms with E-state index in [4.69, 9.17) is 15.6 Å². The molecule has 0 fully saturated rings. The fourth-order valence-electron chi connectivity index (χ4n) is 1.58. The van der Waals surface area contributed by atoms with Crippen molar-refractivity contribution in [3.63, 3.8) is 0 Å². The number of ether oxygens (including phenoxy) is 1. The van der Waals surface area contributed by atoms with Gasteiger partial charge in [0.2, 0.25) is 5.91 Å². The van der Waals surface area contributed by atoms with E-state index in [1.54, 1.807) is 26.2 Å². The molecule has 0 bridgehead atoms. The SMILES string of the molecule is COc1ccc([C@@H](C)NC(=O)C(N)CC(=O)O)cc1. The topological polar surface area (TPSA) is 102 Å². The van der Waals surface area contributed by atoms with Crippen molar-refractivity contribution in [2.24, 2.45) is 5.73 Å². The highest BCUT2D eigenvalue weighted by molar-refractivity contribution is 5.86. The summed E-state index contributed by atoms with van der Waals surface area (Å²) >= 11 is 0. The molecule has 1 aromatic carbocycles. The minimum atomic E-state index is -1.10. The Hall–Kier alpha value is -2.08. The number of nitrogens with two attached hydrogens (primary N) is 1. The Morgan fingerprint density at radius 2 is 1.95 bits per heavy atom. The molecule has 19 heavy (non-hydrogen) atoms. The minimum Gasteiger partial charge on any atom is -0.497 e. The van der Waals surface area contributed by atoms with Crippen LogP contribution in [-0.2, 0) is 9.59 Å². The Bertz CT molecular complexity index is 444. The molecule has 0 aromatic heterocycles. The van der Waals surface area contributed by atoms with Gasteiger partial charge in [-0.05, 0) is 24.6 Å². The summed E-state index contributed by atoms with van der Waals surface area (Å²) in [5.41, 5.74) is 6.36. The fraction of sp³-hybridized carbons (Fsp3) is 0.385. The number of hydrogen-bond acceptors (Lipinski definition) is 4. The van der Waals surface area contributed by atoms with Crippen LogP contribution in [0.2, 0.25) is 0 Å². The molecule has 2 atom stereocenters. The third kappa shape index (κ3) is 4.59. The average molecular weight is 266 g/mol. The smallest absolute Gasteiger partial charge is 0.305 e. The van der Waals surface area contributed by atoms with E-state index in [1.165, 1.54) is 0 Å². The average Bonchev–Trinajstić information content (AvgIpc) is 2.37. The summed E-state index contributed by atoms with van der Waals surface area (Å²) < 4.78 is 5.04. The molecule has 4 N–H and O–H groups in total. The van der Waals surface area contributed by atoms with Gasteiger partial charge in [-0.15, -0.1) is 0 Å². The lowest BCUT2D eigenvalue weighted by atomic mass is 10.1. The molecule has 1 amide bonds. The number of methoxy groups -OCH3 is 1. The Kier molecular flexibility index (Phi) is 5.32. The van der Waals surface area contributed by atoms with Crippen LogP contribution >= 0.6 is 0 Å². The minimum absolute atomic E-state index is 0.252.